The Balaban J connectivity index is 0.00000338. The Labute approximate surface area is 175 Å². The van der Waals surface area contributed by atoms with Gasteiger partial charge in [0.2, 0.25) is 0 Å². The van der Waals surface area contributed by atoms with Gasteiger partial charge in [-0.3, -0.25) is 4.99 Å². The fraction of sp³-hybridized carbons (Fsp3) is 0.650. The Kier molecular flexibility index (Phi) is 11.1. The molecule has 1 saturated heterocycles. The number of aliphatic imine (C=N–C) groups is 1. The molecule has 0 bridgehead atoms. The van der Waals surface area contributed by atoms with Gasteiger partial charge in [-0.05, 0) is 75.4 Å². The Morgan fingerprint density at radius 3 is 2.62 bits per heavy atom. The lowest BCUT2D eigenvalue weighted by atomic mass is 9.99. The van der Waals surface area contributed by atoms with Crippen LogP contribution >= 0.6 is 24.0 Å². The summed E-state index contributed by atoms with van der Waals surface area (Å²) < 4.78 is 13.3. The van der Waals surface area contributed by atoms with Gasteiger partial charge in [-0.15, -0.1) is 24.0 Å². The SMILES string of the molecule is CN=C(NCCCCN1CCC(C)CC1)NCc1ccc(F)c(C)c1.I. The van der Waals surface area contributed by atoms with Gasteiger partial charge in [0.1, 0.15) is 5.82 Å². The molecular formula is C20H34FIN4. The average molecular weight is 476 g/mol. The smallest absolute Gasteiger partial charge is 0.191 e. The minimum atomic E-state index is -0.158. The summed E-state index contributed by atoms with van der Waals surface area (Å²) in [6, 6.07) is 5.20. The first-order valence-electron chi connectivity index (χ1n) is 9.50. The number of benzene rings is 1. The number of halogens is 2. The predicted molar refractivity (Wildman–Crippen MR) is 119 cm³/mol. The summed E-state index contributed by atoms with van der Waals surface area (Å²) >= 11 is 0. The molecule has 0 aromatic heterocycles. The van der Waals surface area contributed by atoms with E-state index in [0.717, 1.165) is 30.4 Å². The van der Waals surface area contributed by atoms with Crippen molar-refractivity contribution >= 4 is 29.9 Å². The maximum atomic E-state index is 13.3. The summed E-state index contributed by atoms with van der Waals surface area (Å²) in [5.41, 5.74) is 1.73. The number of nitrogens with zero attached hydrogens (tertiary/aromatic N) is 2. The molecule has 26 heavy (non-hydrogen) atoms. The minimum absolute atomic E-state index is 0. The molecule has 0 radical (unpaired) electrons. The van der Waals surface area contributed by atoms with Gasteiger partial charge in [-0.25, -0.2) is 4.39 Å². The van der Waals surface area contributed by atoms with E-state index in [1.54, 1.807) is 14.0 Å². The van der Waals surface area contributed by atoms with Crippen LogP contribution in [-0.2, 0) is 6.54 Å². The van der Waals surface area contributed by atoms with Crippen LogP contribution in [0.15, 0.2) is 23.2 Å². The second-order valence-corrected chi connectivity index (χ2v) is 7.17. The van der Waals surface area contributed by atoms with E-state index in [1.165, 1.54) is 45.0 Å². The van der Waals surface area contributed by atoms with Gasteiger partial charge < -0.3 is 15.5 Å². The van der Waals surface area contributed by atoms with E-state index in [4.69, 9.17) is 0 Å². The molecule has 6 heteroatoms. The Morgan fingerprint density at radius 1 is 1.23 bits per heavy atom. The van der Waals surface area contributed by atoms with Crippen molar-refractivity contribution in [3.63, 3.8) is 0 Å². The largest absolute Gasteiger partial charge is 0.356 e. The summed E-state index contributed by atoms with van der Waals surface area (Å²) in [7, 11) is 1.78. The summed E-state index contributed by atoms with van der Waals surface area (Å²) in [4.78, 5) is 6.84. The highest BCUT2D eigenvalue weighted by molar-refractivity contribution is 14.0. The third-order valence-electron chi connectivity index (χ3n) is 4.98. The van der Waals surface area contributed by atoms with Gasteiger partial charge >= 0.3 is 0 Å². The molecule has 0 aliphatic carbocycles. The monoisotopic (exact) mass is 476 g/mol. The second kappa shape index (κ2) is 12.5. The Morgan fingerprint density at radius 2 is 1.96 bits per heavy atom. The van der Waals surface area contributed by atoms with E-state index in [2.05, 4.69) is 27.4 Å². The number of rotatable bonds is 7. The van der Waals surface area contributed by atoms with Crippen molar-refractivity contribution in [2.24, 2.45) is 10.9 Å². The lowest BCUT2D eigenvalue weighted by molar-refractivity contribution is 0.189. The van der Waals surface area contributed by atoms with Gasteiger partial charge in [0, 0.05) is 20.1 Å². The number of unbranched alkanes of at least 4 members (excludes halogenated alkanes) is 1. The number of likely N-dealkylation sites (tertiary alicyclic amines) is 1. The highest BCUT2D eigenvalue weighted by atomic mass is 127. The van der Waals surface area contributed by atoms with E-state index in [9.17, 15) is 4.39 Å². The number of piperidine rings is 1. The first kappa shape index (κ1) is 23.1. The van der Waals surface area contributed by atoms with Crippen LogP contribution in [0.25, 0.3) is 0 Å². The van der Waals surface area contributed by atoms with Gasteiger partial charge in [0.15, 0.2) is 5.96 Å². The molecule has 2 N–H and O–H groups in total. The van der Waals surface area contributed by atoms with E-state index < -0.39 is 0 Å². The van der Waals surface area contributed by atoms with Crippen molar-refractivity contribution < 1.29 is 4.39 Å². The number of hydrogen-bond donors (Lipinski definition) is 2. The average Bonchev–Trinajstić information content (AvgIpc) is 2.62. The topological polar surface area (TPSA) is 39.7 Å². The quantitative estimate of drug-likeness (QED) is 0.271. The summed E-state index contributed by atoms with van der Waals surface area (Å²) in [6.07, 6.45) is 5.05. The predicted octanol–water partition coefficient (Wildman–Crippen LogP) is 3.93. The third-order valence-corrected chi connectivity index (χ3v) is 4.98. The zero-order valence-corrected chi connectivity index (χ0v) is 18.7. The lowest BCUT2D eigenvalue weighted by Gasteiger charge is -2.30. The van der Waals surface area contributed by atoms with Crippen LogP contribution in [0.2, 0.25) is 0 Å². The summed E-state index contributed by atoms with van der Waals surface area (Å²) in [6.45, 7) is 9.43. The van der Waals surface area contributed by atoms with E-state index in [1.807, 2.05) is 12.1 Å². The highest BCUT2D eigenvalue weighted by Crippen LogP contribution is 2.16. The Hall–Kier alpha value is -0.890. The number of aryl methyl sites for hydroxylation is 1. The molecule has 0 amide bonds. The summed E-state index contributed by atoms with van der Waals surface area (Å²) in [5, 5.41) is 6.64. The molecule has 0 spiro atoms. The molecule has 4 nitrogen and oxygen atoms in total. The van der Waals surface area contributed by atoms with Crippen LogP contribution in [-0.4, -0.2) is 44.1 Å². The second-order valence-electron chi connectivity index (χ2n) is 7.17. The first-order valence-corrected chi connectivity index (χ1v) is 9.50. The molecule has 0 saturated carbocycles. The molecule has 1 aromatic rings. The van der Waals surface area contributed by atoms with Gasteiger partial charge in [-0.1, -0.05) is 19.1 Å². The fourth-order valence-corrected chi connectivity index (χ4v) is 3.18. The van der Waals surface area contributed by atoms with Crippen molar-refractivity contribution in [1.29, 1.82) is 0 Å². The maximum Gasteiger partial charge on any atom is 0.191 e. The van der Waals surface area contributed by atoms with Crippen molar-refractivity contribution in [3.05, 3.63) is 35.1 Å². The van der Waals surface area contributed by atoms with Gasteiger partial charge in [0.05, 0.1) is 0 Å². The molecule has 1 aliphatic rings. The first-order chi connectivity index (χ1) is 12.1. The molecule has 1 aliphatic heterocycles. The van der Waals surface area contributed by atoms with E-state index in [0.29, 0.717) is 12.1 Å². The molecule has 148 valence electrons. The number of hydrogen-bond acceptors (Lipinski definition) is 2. The van der Waals surface area contributed by atoms with Crippen molar-refractivity contribution in [2.75, 3.05) is 33.2 Å². The van der Waals surface area contributed by atoms with Crippen LogP contribution in [0.1, 0.15) is 43.7 Å². The number of guanidine groups is 1. The van der Waals surface area contributed by atoms with Crippen LogP contribution in [0.4, 0.5) is 4.39 Å². The minimum Gasteiger partial charge on any atom is -0.356 e. The normalized spacial score (nSPS) is 16.2. The molecule has 0 atom stereocenters. The Bertz CT molecular complexity index is 557. The van der Waals surface area contributed by atoms with Crippen LogP contribution in [0.5, 0.6) is 0 Å². The zero-order chi connectivity index (χ0) is 18.1. The van der Waals surface area contributed by atoms with E-state index in [-0.39, 0.29) is 29.8 Å². The molecular weight excluding hydrogens is 442 g/mol. The molecule has 1 aromatic carbocycles. The maximum absolute atomic E-state index is 13.3. The van der Waals surface area contributed by atoms with E-state index >= 15 is 0 Å². The molecule has 1 fully saturated rings. The van der Waals surface area contributed by atoms with Crippen molar-refractivity contribution in [1.82, 2.24) is 15.5 Å². The molecule has 2 rings (SSSR count). The van der Waals surface area contributed by atoms with Crippen molar-refractivity contribution in [2.45, 2.75) is 46.1 Å². The highest BCUT2D eigenvalue weighted by Gasteiger charge is 2.14. The lowest BCUT2D eigenvalue weighted by Crippen LogP contribution is -2.38. The summed E-state index contributed by atoms with van der Waals surface area (Å²) in [5.74, 6) is 1.54. The molecule has 1 heterocycles. The van der Waals surface area contributed by atoms with Gasteiger partial charge in [0.25, 0.3) is 0 Å². The van der Waals surface area contributed by atoms with Crippen molar-refractivity contribution in [3.8, 4) is 0 Å². The van der Waals surface area contributed by atoms with Crippen LogP contribution in [0, 0.1) is 18.7 Å². The van der Waals surface area contributed by atoms with Gasteiger partial charge in [-0.2, -0.15) is 0 Å². The molecule has 0 unspecified atom stereocenters. The third kappa shape index (κ3) is 8.20. The number of nitrogens with one attached hydrogen (secondary N) is 2. The fourth-order valence-electron chi connectivity index (χ4n) is 3.18. The standard InChI is InChI=1S/C20H33FN4.HI/c1-16-8-12-25(13-9-16)11-5-4-10-23-20(22-3)24-15-18-6-7-19(21)17(2)14-18;/h6-7,14,16H,4-5,8-13,15H2,1-3H3,(H2,22,23,24);1H. The van der Waals surface area contributed by atoms with Crippen LogP contribution < -0.4 is 10.6 Å². The zero-order valence-electron chi connectivity index (χ0n) is 16.4. The van der Waals surface area contributed by atoms with Crippen LogP contribution in [0.3, 0.4) is 0 Å².